The third-order valence-electron chi connectivity index (χ3n) is 2.78. The van der Waals surface area contributed by atoms with Crippen LogP contribution in [0.1, 0.15) is 12.8 Å². The molecule has 3 N–H and O–H groups in total. The SMILES string of the molecule is NC(=O)CNCC1CN(C2CC2)C1. The predicted octanol–water partition coefficient (Wildman–Crippen LogP) is -0.844. The molecule has 0 atom stereocenters. The van der Waals surface area contributed by atoms with Gasteiger partial charge in [0.25, 0.3) is 0 Å². The van der Waals surface area contributed by atoms with Crippen LogP contribution < -0.4 is 11.1 Å². The molecule has 0 aromatic heterocycles. The van der Waals surface area contributed by atoms with E-state index < -0.39 is 0 Å². The predicted molar refractivity (Wildman–Crippen MR) is 50.1 cm³/mol. The molecule has 4 nitrogen and oxygen atoms in total. The van der Waals surface area contributed by atoms with E-state index in [1.807, 2.05) is 0 Å². The van der Waals surface area contributed by atoms with Gasteiger partial charge in [0.1, 0.15) is 0 Å². The second-order valence-corrected chi connectivity index (χ2v) is 4.15. The van der Waals surface area contributed by atoms with Gasteiger partial charge in [0.05, 0.1) is 6.54 Å². The maximum Gasteiger partial charge on any atom is 0.231 e. The van der Waals surface area contributed by atoms with E-state index in [2.05, 4.69) is 10.2 Å². The van der Waals surface area contributed by atoms with Gasteiger partial charge in [0, 0.05) is 25.7 Å². The Morgan fingerprint density at radius 2 is 2.15 bits per heavy atom. The summed E-state index contributed by atoms with van der Waals surface area (Å²) >= 11 is 0. The Balaban J connectivity index is 1.51. The number of amides is 1. The first-order valence-corrected chi connectivity index (χ1v) is 4.99. The first kappa shape index (κ1) is 8.97. The van der Waals surface area contributed by atoms with Crippen molar-refractivity contribution in [3.63, 3.8) is 0 Å². The van der Waals surface area contributed by atoms with Crippen molar-refractivity contribution in [3.05, 3.63) is 0 Å². The van der Waals surface area contributed by atoms with Crippen LogP contribution in [0.3, 0.4) is 0 Å². The lowest BCUT2D eigenvalue weighted by molar-refractivity contribution is -0.117. The number of nitrogens with zero attached hydrogens (tertiary/aromatic N) is 1. The van der Waals surface area contributed by atoms with E-state index >= 15 is 0 Å². The van der Waals surface area contributed by atoms with Crippen LogP contribution in [-0.2, 0) is 4.79 Å². The summed E-state index contributed by atoms with van der Waals surface area (Å²) in [7, 11) is 0. The third kappa shape index (κ3) is 2.42. The van der Waals surface area contributed by atoms with Gasteiger partial charge in [-0.25, -0.2) is 0 Å². The van der Waals surface area contributed by atoms with Crippen LogP contribution in [0.4, 0.5) is 0 Å². The standard InChI is InChI=1S/C9H17N3O/c10-9(13)4-11-3-7-5-12(6-7)8-1-2-8/h7-8,11H,1-6H2,(H2,10,13). The molecule has 74 valence electrons. The average Bonchev–Trinajstić information content (AvgIpc) is 2.75. The van der Waals surface area contributed by atoms with E-state index in [9.17, 15) is 4.79 Å². The van der Waals surface area contributed by atoms with Crippen molar-refractivity contribution in [1.82, 2.24) is 10.2 Å². The number of carbonyl (C=O) groups excluding carboxylic acids is 1. The smallest absolute Gasteiger partial charge is 0.231 e. The van der Waals surface area contributed by atoms with E-state index in [0.29, 0.717) is 6.54 Å². The Labute approximate surface area is 78.5 Å². The van der Waals surface area contributed by atoms with Crippen molar-refractivity contribution >= 4 is 5.91 Å². The second-order valence-electron chi connectivity index (χ2n) is 4.15. The molecule has 0 unspecified atom stereocenters. The molecular weight excluding hydrogens is 166 g/mol. The highest BCUT2D eigenvalue weighted by Gasteiger charge is 2.37. The van der Waals surface area contributed by atoms with Crippen LogP contribution in [0.2, 0.25) is 0 Å². The fraction of sp³-hybridized carbons (Fsp3) is 0.889. The van der Waals surface area contributed by atoms with Gasteiger partial charge in [-0.1, -0.05) is 0 Å². The number of hydrogen-bond acceptors (Lipinski definition) is 3. The molecule has 13 heavy (non-hydrogen) atoms. The van der Waals surface area contributed by atoms with Gasteiger partial charge in [-0.15, -0.1) is 0 Å². The van der Waals surface area contributed by atoms with Crippen molar-refractivity contribution in [2.24, 2.45) is 11.7 Å². The minimum atomic E-state index is -0.265. The summed E-state index contributed by atoms with van der Waals surface area (Å²) in [4.78, 5) is 12.9. The maximum atomic E-state index is 10.4. The fourth-order valence-electron chi connectivity index (χ4n) is 1.88. The molecule has 1 aliphatic carbocycles. The highest BCUT2D eigenvalue weighted by Crippen LogP contribution is 2.32. The number of likely N-dealkylation sites (tertiary alicyclic amines) is 1. The topological polar surface area (TPSA) is 58.4 Å². The van der Waals surface area contributed by atoms with Gasteiger partial charge >= 0.3 is 0 Å². The summed E-state index contributed by atoms with van der Waals surface area (Å²) in [5.41, 5.74) is 5.01. The van der Waals surface area contributed by atoms with Crippen LogP contribution in [-0.4, -0.2) is 43.0 Å². The first-order chi connectivity index (χ1) is 6.25. The number of hydrogen-bond donors (Lipinski definition) is 2. The largest absolute Gasteiger partial charge is 0.369 e. The Bertz CT molecular complexity index is 197. The molecule has 1 saturated heterocycles. The van der Waals surface area contributed by atoms with Crippen LogP contribution >= 0.6 is 0 Å². The van der Waals surface area contributed by atoms with Gasteiger partial charge in [0.2, 0.25) is 5.91 Å². The molecule has 4 heteroatoms. The maximum absolute atomic E-state index is 10.4. The molecule has 2 aliphatic rings. The summed E-state index contributed by atoms with van der Waals surface area (Å²) in [6.07, 6.45) is 2.78. The molecule has 2 rings (SSSR count). The Morgan fingerprint density at radius 3 is 2.69 bits per heavy atom. The molecule has 0 spiro atoms. The number of nitrogens with two attached hydrogens (primary N) is 1. The Morgan fingerprint density at radius 1 is 1.46 bits per heavy atom. The molecule has 0 bridgehead atoms. The zero-order valence-corrected chi connectivity index (χ0v) is 7.83. The Kier molecular flexibility index (Phi) is 2.51. The van der Waals surface area contributed by atoms with Crippen LogP contribution in [0.15, 0.2) is 0 Å². The summed E-state index contributed by atoms with van der Waals surface area (Å²) in [5, 5.41) is 3.07. The first-order valence-electron chi connectivity index (χ1n) is 4.99. The van der Waals surface area contributed by atoms with E-state index in [0.717, 1.165) is 18.5 Å². The van der Waals surface area contributed by atoms with Crippen molar-refractivity contribution in [1.29, 1.82) is 0 Å². The molecule has 0 radical (unpaired) electrons. The van der Waals surface area contributed by atoms with Crippen molar-refractivity contribution in [2.45, 2.75) is 18.9 Å². The number of nitrogens with one attached hydrogen (secondary N) is 1. The summed E-state index contributed by atoms with van der Waals surface area (Å²) in [6.45, 7) is 3.67. The summed E-state index contributed by atoms with van der Waals surface area (Å²) in [5.74, 6) is 0.471. The van der Waals surface area contributed by atoms with Gasteiger partial charge in [-0.2, -0.15) is 0 Å². The highest BCUT2D eigenvalue weighted by atomic mass is 16.1. The fourth-order valence-corrected chi connectivity index (χ4v) is 1.88. The average molecular weight is 183 g/mol. The zero-order valence-electron chi connectivity index (χ0n) is 7.83. The third-order valence-corrected chi connectivity index (χ3v) is 2.78. The minimum Gasteiger partial charge on any atom is -0.369 e. The second kappa shape index (κ2) is 3.64. The van der Waals surface area contributed by atoms with Gasteiger partial charge < -0.3 is 11.1 Å². The zero-order chi connectivity index (χ0) is 9.26. The summed E-state index contributed by atoms with van der Waals surface area (Å²) in [6, 6.07) is 0.896. The van der Waals surface area contributed by atoms with E-state index in [4.69, 9.17) is 5.73 Å². The molecule has 2 fully saturated rings. The van der Waals surface area contributed by atoms with Gasteiger partial charge in [-0.3, -0.25) is 9.69 Å². The van der Waals surface area contributed by atoms with Crippen molar-refractivity contribution in [2.75, 3.05) is 26.2 Å². The lowest BCUT2D eigenvalue weighted by atomic mass is 10.00. The number of rotatable bonds is 5. The van der Waals surface area contributed by atoms with E-state index in [1.54, 1.807) is 0 Å². The lowest BCUT2D eigenvalue weighted by Crippen LogP contribution is -2.52. The quantitative estimate of drug-likeness (QED) is 0.584. The van der Waals surface area contributed by atoms with Crippen molar-refractivity contribution < 1.29 is 4.79 Å². The molecule has 1 saturated carbocycles. The normalized spacial score (nSPS) is 24.3. The summed E-state index contributed by atoms with van der Waals surface area (Å²) < 4.78 is 0. The lowest BCUT2D eigenvalue weighted by Gasteiger charge is -2.39. The molecule has 0 aromatic carbocycles. The highest BCUT2D eigenvalue weighted by molar-refractivity contribution is 5.75. The minimum absolute atomic E-state index is 0.265. The van der Waals surface area contributed by atoms with Crippen molar-refractivity contribution in [3.8, 4) is 0 Å². The number of carbonyl (C=O) groups is 1. The molecule has 1 aliphatic heterocycles. The van der Waals surface area contributed by atoms with Crippen LogP contribution in [0.25, 0.3) is 0 Å². The van der Waals surface area contributed by atoms with Gasteiger partial charge in [0.15, 0.2) is 0 Å². The Hall–Kier alpha value is -0.610. The number of primary amides is 1. The van der Waals surface area contributed by atoms with E-state index in [-0.39, 0.29) is 5.91 Å². The van der Waals surface area contributed by atoms with Gasteiger partial charge in [-0.05, 0) is 18.8 Å². The molecule has 0 aromatic rings. The monoisotopic (exact) mass is 183 g/mol. The molecular formula is C9H17N3O. The molecule has 1 amide bonds. The van der Waals surface area contributed by atoms with Crippen LogP contribution in [0, 0.1) is 5.92 Å². The molecule has 1 heterocycles. The van der Waals surface area contributed by atoms with E-state index in [1.165, 1.54) is 25.9 Å². The van der Waals surface area contributed by atoms with Crippen LogP contribution in [0.5, 0.6) is 0 Å².